The maximum atomic E-state index is 12.7. The summed E-state index contributed by atoms with van der Waals surface area (Å²) < 4.78 is 17.7. The monoisotopic (exact) mass is 468 g/mol. The second-order valence-corrected chi connectivity index (χ2v) is 8.07. The van der Waals surface area contributed by atoms with Gasteiger partial charge >= 0.3 is 5.97 Å². The first-order chi connectivity index (χ1) is 16.3. The van der Waals surface area contributed by atoms with Crippen LogP contribution in [0, 0.1) is 20.8 Å². The van der Waals surface area contributed by atoms with Crippen molar-refractivity contribution in [2.75, 3.05) is 27.4 Å². The maximum Gasteiger partial charge on any atom is 0.306 e. The Kier molecular flexibility index (Phi) is 8.09. The zero-order valence-corrected chi connectivity index (χ0v) is 20.7. The molecule has 0 N–H and O–H groups in total. The van der Waals surface area contributed by atoms with Crippen molar-refractivity contribution < 1.29 is 23.8 Å². The minimum absolute atomic E-state index is 0.157. The van der Waals surface area contributed by atoms with Gasteiger partial charge in [0.05, 0.1) is 19.9 Å². The highest BCUT2D eigenvalue weighted by Gasteiger charge is 2.17. The Morgan fingerprint density at radius 2 is 1.79 bits per heavy atom. The second kappa shape index (κ2) is 11.0. The van der Waals surface area contributed by atoms with Crippen molar-refractivity contribution in [1.29, 1.82) is 0 Å². The number of hydrogen-bond donors (Lipinski definition) is 0. The van der Waals surface area contributed by atoms with Gasteiger partial charge in [0.25, 0.3) is 5.91 Å². The van der Waals surface area contributed by atoms with Crippen LogP contribution in [0.15, 0.2) is 24.3 Å². The van der Waals surface area contributed by atoms with Crippen molar-refractivity contribution >= 4 is 17.5 Å². The lowest BCUT2D eigenvalue weighted by Gasteiger charge is -2.21. The van der Waals surface area contributed by atoms with Gasteiger partial charge < -0.3 is 19.1 Å². The highest BCUT2D eigenvalue weighted by Crippen LogP contribution is 2.28. The average Bonchev–Trinajstić information content (AvgIpc) is 3.20. The Balaban J connectivity index is 1.56. The number of esters is 1. The normalized spacial score (nSPS) is 10.9. The van der Waals surface area contributed by atoms with Gasteiger partial charge in [-0.3, -0.25) is 9.59 Å². The van der Waals surface area contributed by atoms with Crippen molar-refractivity contribution in [2.24, 2.45) is 0 Å². The first kappa shape index (κ1) is 25.0. The number of fused-ring (bicyclic) bond motifs is 1. The molecule has 0 saturated heterocycles. The van der Waals surface area contributed by atoms with E-state index in [2.05, 4.69) is 10.1 Å². The van der Waals surface area contributed by atoms with Gasteiger partial charge in [-0.25, -0.2) is 9.50 Å². The summed E-state index contributed by atoms with van der Waals surface area (Å²) in [7, 11) is 3.14. The standard InChI is InChI=1S/C25H32N4O5/c1-7-28(14-19-8-10-21(32-5)22(13-19)33-6)24(30)15-34-25(31)11-9-20-17(3)26-23-12-16(2)27-29(23)18(20)4/h8,10,12-13H,7,9,11,14-15H2,1-6H3. The zero-order valence-electron chi connectivity index (χ0n) is 20.7. The molecule has 0 unspecified atom stereocenters. The number of methoxy groups -OCH3 is 2. The van der Waals surface area contributed by atoms with Crippen LogP contribution >= 0.6 is 0 Å². The van der Waals surface area contributed by atoms with E-state index in [1.165, 1.54) is 0 Å². The number of likely N-dealkylation sites (N-methyl/N-ethyl adjacent to an activating group) is 1. The van der Waals surface area contributed by atoms with Crippen LogP contribution in [0.1, 0.15) is 41.6 Å². The summed E-state index contributed by atoms with van der Waals surface area (Å²) in [5, 5.41) is 4.46. The summed E-state index contributed by atoms with van der Waals surface area (Å²) >= 11 is 0. The fraction of sp³-hybridized carbons (Fsp3) is 0.440. The average molecular weight is 469 g/mol. The summed E-state index contributed by atoms with van der Waals surface area (Å²) in [6.45, 7) is 8.25. The molecule has 0 atom stereocenters. The molecule has 3 rings (SSSR count). The molecule has 0 bridgehead atoms. The topological polar surface area (TPSA) is 95.3 Å². The molecule has 0 aliphatic heterocycles. The van der Waals surface area contributed by atoms with Crippen LogP contribution in [-0.2, 0) is 27.3 Å². The Morgan fingerprint density at radius 3 is 2.47 bits per heavy atom. The fourth-order valence-electron chi connectivity index (χ4n) is 3.91. The molecule has 1 aromatic carbocycles. The lowest BCUT2D eigenvalue weighted by Crippen LogP contribution is -2.34. The van der Waals surface area contributed by atoms with Crippen LogP contribution in [0.25, 0.3) is 5.65 Å². The number of benzene rings is 1. The third-order valence-corrected chi connectivity index (χ3v) is 5.78. The molecule has 2 heterocycles. The molecule has 34 heavy (non-hydrogen) atoms. The van der Waals surface area contributed by atoms with Crippen molar-refractivity contribution in [3.63, 3.8) is 0 Å². The van der Waals surface area contributed by atoms with E-state index in [1.54, 1.807) is 29.7 Å². The smallest absolute Gasteiger partial charge is 0.306 e. The molecule has 2 aromatic heterocycles. The Labute approximate surface area is 199 Å². The highest BCUT2D eigenvalue weighted by atomic mass is 16.5. The molecule has 1 amide bonds. The zero-order chi connectivity index (χ0) is 24.8. The van der Waals surface area contributed by atoms with Gasteiger partial charge in [0.15, 0.2) is 23.8 Å². The molecular weight excluding hydrogens is 436 g/mol. The highest BCUT2D eigenvalue weighted by molar-refractivity contribution is 5.80. The van der Waals surface area contributed by atoms with E-state index in [0.717, 1.165) is 33.9 Å². The van der Waals surface area contributed by atoms with Crippen molar-refractivity contribution in [3.8, 4) is 11.5 Å². The van der Waals surface area contributed by atoms with E-state index in [-0.39, 0.29) is 18.9 Å². The molecule has 0 saturated carbocycles. The molecule has 9 nitrogen and oxygen atoms in total. The first-order valence-corrected chi connectivity index (χ1v) is 11.2. The number of carbonyl (C=O) groups excluding carboxylic acids is 2. The summed E-state index contributed by atoms with van der Waals surface area (Å²) in [4.78, 5) is 31.2. The van der Waals surface area contributed by atoms with Gasteiger partial charge in [0, 0.05) is 37.0 Å². The van der Waals surface area contributed by atoms with Crippen molar-refractivity contribution in [3.05, 3.63) is 52.5 Å². The number of aryl methyl sites for hydroxylation is 3. The molecule has 9 heteroatoms. The van der Waals surface area contributed by atoms with Gasteiger partial charge in [-0.15, -0.1) is 0 Å². The summed E-state index contributed by atoms with van der Waals surface area (Å²) in [5.41, 5.74) is 5.34. The number of rotatable bonds is 10. The SMILES string of the molecule is CCN(Cc1ccc(OC)c(OC)c1)C(=O)COC(=O)CCc1c(C)nc2cc(C)nn2c1C. The molecule has 0 aliphatic rings. The molecule has 3 aromatic rings. The minimum atomic E-state index is -0.425. The first-order valence-electron chi connectivity index (χ1n) is 11.2. The molecule has 0 spiro atoms. The van der Waals surface area contributed by atoms with Gasteiger partial charge in [0.1, 0.15) is 0 Å². The predicted octanol–water partition coefficient (Wildman–Crippen LogP) is 3.20. The van der Waals surface area contributed by atoms with Crippen molar-refractivity contribution in [2.45, 2.75) is 47.1 Å². The van der Waals surface area contributed by atoms with Crippen LogP contribution < -0.4 is 9.47 Å². The molecular formula is C25H32N4O5. The third kappa shape index (κ3) is 5.65. The number of hydrogen-bond acceptors (Lipinski definition) is 7. The molecule has 0 fully saturated rings. The summed E-state index contributed by atoms with van der Waals surface area (Å²) in [6, 6.07) is 7.43. The van der Waals surface area contributed by atoms with E-state index in [4.69, 9.17) is 14.2 Å². The summed E-state index contributed by atoms with van der Waals surface area (Å²) in [5.74, 6) is 0.537. The number of amides is 1. The Hall–Kier alpha value is -3.62. The largest absolute Gasteiger partial charge is 0.493 e. The fourth-order valence-corrected chi connectivity index (χ4v) is 3.91. The van der Waals surface area contributed by atoms with Crippen molar-refractivity contribution in [1.82, 2.24) is 19.5 Å². The van der Waals surface area contributed by atoms with E-state index in [1.807, 2.05) is 45.9 Å². The second-order valence-electron chi connectivity index (χ2n) is 8.07. The summed E-state index contributed by atoms with van der Waals surface area (Å²) in [6.07, 6.45) is 0.625. The predicted molar refractivity (Wildman–Crippen MR) is 127 cm³/mol. The third-order valence-electron chi connectivity index (χ3n) is 5.78. The van der Waals surface area contributed by atoms with E-state index >= 15 is 0 Å². The lowest BCUT2D eigenvalue weighted by atomic mass is 10.1. The van der Waals surface area contributed by atoms with Gasteiger partial charge in [-0.2, -0.15) is 5.10 Å². The number of carbonyl (C=O) groups is 2. The minimum Gasteiger partial charge on any atom is -0.493 e. The molecule has 182 valence electrons. The van der Waals surface area contributed by atoms with Gasteiger partial charge in [0.2, 0.25) is 0 Å². The molecule has 0 aliphatic carbocycles. The van der Waals surface area contributed by atoms with E-state index < -0.39 is 5.97 Å². The van der Waals surface area contributed by atoms with Crippen LogP contribution in [0.3, 0.4) is 0 Å². The maximum absolute atomic E-state index is 12.7. The number of aromatic nitrogens is 3. The van der Waals surface area contributed by atoms with E-state index in [0.29, 0.717) is 31.0 Å². The lowest BCUT2D eigenvalue weighted by molar-refractivity contribution is -0.152. The Bertz CT molecular complexity index is 1190. The number of ether oxygens (including phenoxy) is 3. The van der Waals surface area contributed by atoms with E-state index in [9.17, 15) is 9.59 Å². The van der Waals surface area contributed by atoms with Gasteiger partial charge in [-0.05, 0) is 57.4 Å². The van der Waals surface area contributed by atoms with Crippen LogP contribution in [0.4, 0.5) is 0 Å². The van der Waals surface area contributed by atoms with Gasteiger partial charge in [-0.1, -0.05) is 6.07 Å². The van der Waals surface area contributed by atoms with Crippen LogP contribution in [-0.4, -0.2) is 58.7 Å². The number of nitrogens with zero attached hydrogens (tertiary/aromatic N) is 4. The quantitative estimate of drug-likeness (QED) is 0.422. The van der Waals surface area contributed by atoms with Crippen LogP contribution in [0.5, 0.6) is 11.5 Å². The van der Waals surface area contributed by atoms with Crippen LogP contribution in [0.2, 0.25) is 0 Å². The molecule has 0 radical (unpaired) electrons. The Morgan fingerprint density at radius 1 is 1.06 bits per heavy atom.